The number of nitrogens with one attached hydrogen (secondary N) is 1. The van der Waals surface area contributed by atoms with Gasteiger partial charge in [0.15, 0.2) is 0 Å². The van der Waals surface area contributed by atoms with E-state index in [-0.39, 0.29) is 17.4 Å². The van der Waals surface area contributed by atoms with Crippen molar-refractivity contribution < 1.29 is 4.79 Å². The highest BCUT2D eigenvalue weighted by molar-refractivity contribution is 7.10. The summed E-state index contributed by atoms with van der Waals surface area (Å²) in [6, 6.07) is 13.2. The first kappa shape index (κ1) is 17.2. The lowest BCUT2D eigenvalue weighted by atomic mass is 9.95. The third kappa shape index (κ3) is 3.87. The summed E-state index contributed by atoms with van der Waals surface area (Å²) in [7, 11) is 0. The number of hydrogen-bond acceptors (Lipinski definition) is 3. The van der Waals surface area contributed by atoms with Gasteiger partial charge in [0.2, 0.25) is 5.91 Å². The van der Waals surface area contributed by atoms with Gasteiger partial charge in [0, 0.05) is 29.9 Å². The van der Waals surface area contributed by atoms with E-state index in [0.29, 0.717) is 6.54 Å². The van der Waals surface area contributed by atoms with E-state index in [2.05, 4.69) is 52.0 Å². The van der Waals surface area contributed by atoms with Gasteiger partial charge in [0.25, 0.3) is 0 Å². The summed E-state index contributed by atoms with van der Waals surface area (Å²) in [6.07, 6.45) is 1.07. The highest BCUT2D eigenvalue weighted by Gasteiger charge is 2.28. The Kier molecular flexibility index (Phi) is 5.07. The number of benzene rings is 1. The van der Waals surface area contributed by atoms with E-state index in [4.69, 9.17) is 0 Å². The molecule has 0 fully saturated rings. The second-order valence-corrected chi connectivity index (χ2v) is 8.46. The van der Waals surface area contributed by atoms with E-state index in [0.717, 1.165) is 19.5 Å². The van der Waals surface area contributed by atoms with Crippen molar-refractivity contribution in [1.82, 2.24) is 10.2 Å². The van der Waals surface area contributed by atoms with Crippen LogP contribution in [0.3, 0.4) is 0 Å². The molecule has 1 N–H and O–H groups in total. The molecule has 1 aliphatic heterocycles. The number of rotatable bonds is 4. The van der Waals surface area contributed by atoms with Gasteiger partial charge in [0.05, 0.1) is 6.04 Å². The summed E-state index contributed by atoms with van der Waals surface area (Å²) in [4.78, 5) is 16.1. The monoisotopic (exact) mass is 342 g/mol. The van der Waals surface area contributed by atoms with E-state index in [1.165, 1.54) is 16.0 Å². The second-order valence-electron chi connectivity index (χ2n) is 7.48. The topological polar surface area (TPSA) is 32.3 Å². The predicted octanol–water partition coefficient (Wildman–Crippen LogP) is 4.01. The molecule has 1 aliphatic rings. The van der Waals surface area contributed by atoms with Crippen molar-refractivity contribution in [2.24, 2.45) is 5.41 Å². The molecule has 4 heteroatoms. The number of carbonyl (C=O) groups is 1. The summed E-state index contributed by atoms with van der Waals surface area (Å²) >= 11 is 1.77. The normalized spacial score (nSPS) is 16.5. The summed E-state index contributed by atoms with van der Waals surface area (Å²) in [6.45, 7) is 8.52. The van der Waals surface area contributed by atoms with Crippen LogP contribution < -0.4 is 5.32 Å². The fourth-order valence-corrected chi connectivity index (χ4v) is 3.99. The number of fused-ring (bicyclic) bond motifs is 1. The second kappa shape index (κ2) is 7.08. The first-order chi connectivity index (χ1) is 11.4. The van der Waals surface area contributed by atoms with Gasteiger partial charge in [-0.15, -0.1) is 11.3 Å². The maximum Gasteiger partial charge on any atom is 0.225 e. The fraction of sp³-hybridized carbons (Fsp3) is 0.450. The van der Waals surface area contributed by atoms with Gasteiger partial charge in [-0.1, -0.05) is 51.1 Å². The van der Waals surface area contributed by atoms with Crippen molar-refractivity contribution in [3.8, 4) is 0 Å². The number of thiophene rings is 1. The Morgan fingerprint density at radius 1 is 1.21 bits per heavy atom. The Morgan fingerprint density at radius 3 is 2.62 bits per heavy atom. The van der Waals surface area contributed by atoms with Crippen LogP contribution in [0.5, 0.6) is 0 Å². The van der Waals surface area contributed by atoms with Crippen LogP contribution in [0.2, 0.25) is 0 Å². The molecule has 0 saturated heterocycles. The van der Waals surface area contributed by atoms with E-state index in [1.807, 2.05) is 20.8 Å². The molecular weight excluding hydrogens is 316 g/mol. The van der Waals surface area contributed by atoms with Crippen LogP contribution in [0.15, 0.2) is 41.8 Å². The van der Waals surface area contributed by atoms with Crippen LogP contribution in [-0.4, -0.2) is 23.9 Å². The molecule has 1 atom stereocenters. The molecule has 0 spiro atoms. The number of amides is 1. The molecule has 0 aliphatic carbocycles. The van der Waals surface area contributed by atoms with Crippen molar-refractivity contribution in [2.75, 3.05) is 13.1 Å². The zero-order valence-electron chi connectivity index (χ0n) is 14.7. The van der Waals surface area contributed by atoms with Gasteiger partial charge in [-0.3, -0.25) is 9.69 Å². The fourth-order valence-electron chi connectivity index (χ4n) is 3.13. The maximum absolute atomic E-state index is 12.3. The Bertz CT molecular complexity index is 688. The Labute approximate surface area is 148 Å². The van der Waals surface area contributed by atoms with Crippen LogP contribution in [-0.2, 0) is 17.8 Å². The van der Waals surface area contributed by atoms with Crippen LogP contribution >= 0.6 is 11.3 Å². The molecule has 0 bridgehead atoms. The van der Waals surface area contributed by atoms with Gasteiger partial charge >= 0.3 is 0 Å². The lowest BCUT2D eigenvalue weighted by Gasteiger charge is -2.35. The number of carbonyl (C=O) groups excluding carboxylic acids is 1. The van der Waals surface area contributed by atoms with E-state index < -0.39 is 0 Å². The van der Waals surface area contributed by atoms with Gasteiger partial charge < -0.3 is 5.32 Å². The van der Waals surface area contributed by atoms with Crippen LogP contribution in [0, 0.1) is 5.41 Å². The quantitative estimate of drug-likeness (QED) is 0.910. The third-order valence-electron chi connectivity index (χ3n) is 4.61. The number of nitrogens with zero attached hydrogens (tertiary/aromatic N) is 1. The zero-order chi connectivity index (χ0) is 17.2. The lowest BCUT2D eigenvalue weighted by molar-refractivity contribution is -0.128. The summed E-state index contributed by atoms with van der Waals surface area (Å²) in [5.74, 6) is 0.112. The lowest BCUT2D eigenvalue weighted by Crippen LogP contribution is -2.43. The molecule has 3 nitrogen and oxygen atoms in total. The molecule has 128 valence electrons. The minimum atomic E-state index is -0.353. The molecule has 24 heavy (non-hydrogen) atoms. The van der Waals surface area contributed by atoms with Gasteiger partial charge in [0.1, 0.15) is 0 Å². The average Bonchev–Trinajstić information content (AvgIpc) is 3.08. The summed E-state index contributed by atoms with van der Waals surface area (Å²) < 4.78 is 0. The van der Waals surface area contributed by atoms with Crippen molar-refractivity contribution in [2.45, 2.75) is 39.8 Å². The van der Waals surface area contributed by atoms with E-state index in [9.17, 15) is 4.79 Å². The molecule has 1 aromatic heterocycles. The molecule has 1 aromatic carbocycles. The van der Waals surface area contributed by atoms with Crippen molar-refractivity contribution >= 4 is 17.2 Å². The standard InChI is InChI=1S/C20H26N2OS/c1-20(2,3)19(23)21-13-17(18-9-6-12-24-18)22-11-10-15-7-4-5-8-16(15)14-22/h4-9,12,17H,10-11,13-14H2,1-3H3,(H,21,23)/t17-/m0/s1. The molecule has 2 aromatic rings. The van der Waals surface area contributed by atoms with Crippen LogP contribution in [0.4, 0.5) is 0 Å². The first-order valence-corrected chi connectivity index (χ1v) is 9.45. The van der Waals surface area contributed by atoms with E-state index in [1.54, 1.807) is 11.3 Å². The number of hydrogen-bond donors (Lipinski definition) is 1. The van der Waals surface area contributed by atoms with Crippen molar-refractivity contribution in [1.29, 1.82) is 0 Å². The highest BCUT2D eigenvalue weighted by atomic mass is 32.1. The maximum atomic E-state index is 12.3. The molecule has 2 heterocycles. The molecule has 0 unspecified atom stereocenters. The Hall–Kier alpha value is -1.65. The van der Waals surface area contributed by atoms with Gasteiger partial charge in [-0.05, 0) is 29.0 Å². The van der Waals surface area contributed by atoms with Crippen LogP contribution in [0.1, 0.15) is 42.8 Å². The van der Waals surface area contributed by atoms with Crippen molar-refractivity contribution in [3.63, 3.8) is 0 Å². The molecule has 0 saturated carbocycles. The van der Waals surface area contributed by atoms with Gasteiger partial charge in [-0.25, -0.2) is 0 Å². The predicted molar refractivity (Wildman–Crippen MR) is 100 cm³/mol. The van der Waals surface area contributed by atoms with Crippen LogP contribution in [0.25, 0.3) is 0 Å². The highest BCUT2D eigenvalue weighted by Crippen LogP contribution is 2.30. The molecule has 1 amide bonds. The zero-order valence-corrected chi connectivity index (χ0v) is 15.5. The molecular formula is C20H26N2OS. The molecule has 3 rings (SSSR count). The van der Waals surface area contributed by atoms with Gasteiger partial charge in [-0.2, -0.15) is 0 Å². The first-order valence-electron chi connectivity index (χ1n) is 8.57. The summed E-state index contributed by atoms with van der Waals surface area (Å²) in [5, 5.41) is 5.28. The minimum absolute atomic E-state index is 0.112. The Morgan fingerprint density at radius 2 is 1.96 bits per heavy atom. The minimum Gasteiger partial charge on any atom is -0.354 e. The largest absolute Gasteiger partial charge is 0.354 e. The molecule has 0 radical (unpaired) electrons. The smallest absolute Gasteiger partial charge is 0.225 e. The SMILES string of the molecule is CC(C)(C)C(=O)NC[C@@H](c1cccs1)N1CCc2ccccc2C1. The average molecular weight is 343 g/mol. The Balaban J connectivity index is 1.76. The summed E-state index contributed by atoms with van der Waals surface area (Å²) in [5.41, 5.74) is 2.51. The third-order valence-corrected chi connectivity index (χ3v) is 5.58. The van der Waals surface area contributed by atoms with E-state index >= 15 is 0 Å². The van der Waals surface area contributed by atoms with Crippen molar-refractivity contribution in [3.05, 3.63) is 57.8 Å².